The number of fused-ring (bicyclic) bond motifs is 2. The molecule has 0 atom stereocenters. The number of hydrogen-bond donors (Lipinski definition) is 0. The largest absolute Gasteiger partial charge is 0.451 e. The normalized spacial score (nSPS) is 30.9. The first-order chi connectivity index (χ1) is 8.90. The maximum absolute atomic E-state index is 12.5. The Morgan fingerprint density at radius 3 is 2.63 bits per heavy atom. The van der Waals surface area contributed by atoms with Gasteiger partial charge in [0.25, 0.3) is 0 Å². The molecule has 0 spiro atoms. The molecule has 0 radical (unpaired) electrons. The maximum Gasteiger partial charge on any atom is 0.451 e. The molecule has 2 fully saturated rings. The summed E-state index contributed by atoms with van der Waals surface area (Å²) >= 11 is 0. The molecule has 3 aliphatic rings. The summed E-state index contributed by atoms with van der Waals surface area (Å²) in [7, 11) is 0. The smallest absolute Gasteiger partial charge is 0.332 e. The predicted molar refractivity (Wildman–Crippen MR) is 56.4 cm³/mol. The minimum absolute atomic E-state index is 0.0732. The van der Waals surface area contributed by atoms with E-state index in [-0.39, 0.29) is 17.9 Å². The molecule has 4 rings (SSSR count). The van der Waals surface area contributed by atoms with Crippen molar-refractivity contribution in [2.24, 2.45) is 11.3 Å². The van der Waals surface area contributed by atoms with Crippen LogP contribution in [0.25, 0.3) is 0 Å². The Labute approximate surface area is 106 Å². The number of halogens is 3. The summed E-state index contributed by atoms with van der Waals surface area (Å²) in [4.78, 5) is 20.7. The van der Waals surface area contributed by atoms with Gasteiger partial charge in [-0.25, -0.2) is 9.97 Å². The molecule has 1 aromatic heterocycles. The van der Waals surface area contributed by atoms with Crippen LogP contribution >= 0.6 is 0 Å². The number of rotatable bonds is 1. The molecule has 1 aliphatic heterocycles. The number of aromatic nitrogens is 2. The number of alkyl halides is 3. The Morgan fingerprint density at radius 2 is 2.05 bits per heavy atom. The zero-order valence-corrected chi connectivity index (χ0v) is 9.87. The Morgan fingerprint density at radius 1 is 1.37 bits per heavy atom. The van der Waals surface area contributed by atoms with Crippen LogP contribution in [-0.4, -0.2) is 20.8 Å². The van der Waals surface area contributed by atoms with Gasteiger partial charge in [-0.15, -0.1) is 0 Å². The molecule has 1 aromatic rings. The molecule has 0 saturated heterocycles. The lowest BCUT2D eigenvalue weighted by Gasteiger charge is -2.16. The van der Waals surface area contributed by atoms with Crippen molar-refractivity contribution >= 4 is 5.91 Å². The van der Waals surface area contributed by atoms with Crippen molar-refractivity contribution < 1.29 is 18.0 Å². The van der Waals surface area contributed by atoms with Crippen molar-refractivity contribution in [3.05, 3.63) is 23.3 Å². The molecule has 0 N–H and O–H groups in total. The summed E-state index contributed by atoms with van der Waals surface area (Å²) in [6.07, 6.45) is -1.47. The van der Waals surface area contributed by atoms with E-state index in [1.165, 1.54) is 6.20 Å². The summed E-state index contributed by atoms with van der Waals surface area (Å²) in [6, 6.07) is 0. The fraction of sp³-hybridized carbons (Fsp3) is 0.583. The molecule has 2 aliphatic carbocycles. The van der Waals surface area contributed by atoms with Crippen LogP contribution in [0.5, 0.6) is 0 Å². The van der Waals surface area contributed by atoms with E-state index in [1.807, 2.05) is 0 Å². The van der Waals surface area contributed by atoms with Gasteiger partial charge >= 0.3 is 6.18 Å². The van der Waals surface area contributed by atoms with Crippen LogP contribution in [-0.2, 0) is 24.1 Å². The van der Waals surface area contributed by atoms with E-state index in [4.69, 9.17) is 0 Å². The Hall–Kier alpha value is -1.66. The van der Waals surface area contributed by atoms with Crippen molar-refractivity contribution in [1.82, 2.24) is 14.9 Å². The zero-order valence-electron chi connectivity index (χ0n) is 9.87. The molecule has 4 nitrogen and oxygen atoms in total. The van der Waals surface area contributed by atoms with Gasteiger partial charge in [0.2, 0.25) is 11.7 Å². The number of amides is 1. The fourth-order valence-corrected chi connectivity index (χ4v) is 2.80. The van der Waals surface area contributed by atoms with Gasteiger partial charge in [-0.2, -0.15) is 13.2 Å². The average Bonchev–Trinajstić information content (AvgIpc) is 3.13. The number of hydrogen-bond acceptors (Lipinski definition) is 3. The topological polar surface area (TPSA) is 46.1 Å². The van der Waals surface area contributed by atoms with Gasteiger partial charge in [0, 0.05) is 18.3 Å². The third kappa shape index (κ3) is 1.50. The second-order valence-electron chi connectivity index (χ2n) is 5.59. The van der Waals surface area contributed by atoms with E-state index in [0.29, 0.717) is 23.7 Å². The lowest BCUT2D eigenvalue weighted by atomic mass is 10.2. The SMILES string of the molecule is O=C(N1Cc2cnc(C(F)(F)F)nc2C1)C12CC1C2. The molecule has 0 bridgehead atoms. The van der Waals surface area contributed by atoms with Gasteiger partial charge in [0.15, 0.2) is 0 Å². The third-order valence-corrected chi connectivity index (χ3v) is 4.31. The molecule has 2 saturated carbocycles. The van der Waals surface area contributed by atoms with E-state index in [1.54, 1.807) is 4.90 Å². The van der Waals surface area contributed by atoms with Crippen molar-refractivity contribution in [3.63, 3.8) is 0 Å². The van der Waals surface area contributed by atoms with Crippen molar-refractivity contribution in [1.29, 1.82) is 0 Å². The van der Waals surface area contributed by atoms with Crippen LogP contribution in [0.3, 0.4) is 0 Å². The highest BCUT2D eigenvalue weighted by Gasteiger charge is 2.75. The quantitative estimate of drug-likeness (QED) is 0.780. The first kappa shape index (κ1) is 11.2. The lowest BCUT2D eigenvalue weighted by molar-refractivity contribution is -0.145. The maximum atomic E-state index is 12.5. The number of carbonyl (C=O) groups is 1. The van der Waals surface area contributed by atoms with Crippen LogP contribution in [0, 0.1) is 11.3 Å². The molecule has 0 aromatic carbocycles. The van der Waals surface area contributed by atoms with Gasteiger partial charge < -0.3 is 4.90 Å². The molecule has 2 heterocycles. The van der Waals surface area contributed by atoms with Gasteiger partial charge in [-0.3, -0.25) is 4.79 Å². The second-order valence-corrected chi connectivity index (χ2v) is 5.59. The lowest BCUT2D eigenvalue weighted by Crippen LogP contribution is -2.29. The fourth-order valence-electron chi connectivity index (χ4n) is 2.80. The van der Waals surface area contributed by atoms with E-state index >= 15 is 0 Å². The average molecular weight is 269 g/mol. The summed E-state index contributed by atoms with van der Waals surface area (Å²) in [5.41, 5.74) is 0.794. The van der Waals surface area contributed by atoms with Crippen LogP contribution in [0.15, 0.2) is 6.20 Å². The first-order valence-electron chi connectivity index (χ1n) is 6.11. The summed E-state index contributed by atoms with van der Waals surface area (Å²) in [5, 5.41) is 0. The number of carbonyl (C=O) groups excluding carboxylic acids is 1. The minimum Gasteiger partial charge on any atom is -0.332 e. The van der Waals surface area contributed by atoms with Crippen LogP contribution in [0.2, 0.25) is 0 Å². The highest BCUT2D eigenvalue weighted by molar-refractivity contribution is 5.90. The van der Waals surface area contributed by atoms with Crippen molar-refractivity contribution in [3.8, 4) is 0 Å². The van der Waals surface area contributed by atoms with Gasteiger partial charge in [0.1, 0.15) is 0 Å². The molecule has 19 heavy (non-hydrogen) atoms. The van der Waals surface area contributed by atoms with Crippen LogP contribution < -0.4 is 0 Å². The van der Waals surface area contributed by atoms with E-state index in [0.717, 1.165) is 12.8 Å². The highest BCUT2D eigenvalue weighted by Crippen LogP contribution is 2.76. The molecular formula is C12H10F3N3O. The Balaban J connectivity index is 1.58. The summed E-state index contributed by atoms with van der Waals surface area (Å²) in [5.74, 6) is -0.529. The zero-order chi connectivity index (χ0) is 13.4. The Bertz CT molecular complexity index is 592. The predicted octanol–water partition coefficient (Wildman–Crippen LogP) is 1.75. The van der Waals surface area contributed by atoms with Gasteiger partial charge in [-0.05, 0) is 18.8 Å². The molecule has 1 amide bonds. The number of nitrogens with zero attached hydrogens (tertiary/aromatic N) is 3. The van der Waals surface area contributed by atoms with E-state index in [9.17, 15) is 18.0 Å². The third-order valence-electron chi connectivity index (χ3n) is 4.31. The van der Waals surface area contributed by atoms with E-state index in [2.05, 4.69) is 9.97 Å². The monoisotopic (exact) mass is 269 g/mol. The minimum atomic E-state index is -4.54. The summed E-state index contributed by atoms with van der Waals surface area (Å²) in [6.45, 7) is 0.509. The van der Waals surface area contributed by atoms with E-state index < -0.39 is 12.0 Å². The van der Waals surface area contributed by atoms with Crippen LogP contribution in [0.4, 0.5) is 13.2 Å². The first-order valence-corrected chi connectivity index (χ1v) is 6.11. The standard InChI is InChI=1S/C12H10F3N3O/c13-12(14,15)9-16-3-6-4-18(5-8(6)17-9)10(19)11-1-7(11)2-11/h3,7H,1-2,4-5H2. The van der Waals surface area contributed by atoms with Crippen molar-refractivity contribution in [2.75, 3.05) is 0 Å². The molecular weight excluding hydrogens is 259 g/mol. The highest BCUT2D eigenvalue weighted by atomic mass is 19.4. The molecule has 100 valence electrons. The van der Waals surface area contributed by atoms with Crippen LogP contribution in [0.1, 0.15) is 29.9 Å². The second kappa shape index (κ2) is 3.08. The van der Waals surface area contributed by atoms with Gasteiger partial charge in [0.05, 0.1) is 17.7 Å². The summed E-state index contributed by atoms with van der Waals surface area (Å²) < 4.78 is 37.5. The van der Waals surface area contributed by atoms with Gasteiger partial charge in [-0.1, -0.05) is 0 Å². The molecule has 7 heteroatoms. The van der Waals surface area contributed by atoms with Crippen molar-refractivity contribution in [2.45, 2.75) is 32.1 Å². The Kier molecular flexibility index (Phi) is 1.81. The molecule has 0 unspecified atom stereocenters.